The Kier molecular flexibility index (Phi) is 9.81. The Balaban J connectivity index is 1.19. The van der Waals surface area contributed by atoms with Gasteiger partial charge in [-0.1, -0.05) is 11.6 Å². The lowest BCUT2D eigenvalue weighted by Crippen LogP contribution is -2.41. The number of piperidine rings is 1. The smallest absolute Gasteiger partial charge is 0.387 e. The Morgan fingerprint density at radius 3 is 2.73 bits per heavy atom. The molecule has 0 atom stereocenters. The van der Waals surface area contributed by atoms with Crippen LogP contribution in [0.25, 0.3) is 16.9 Å². The van der Waals surface area contributed by atoms with Crippen LogP contribution in [-0.4, -0.2) is 96.8 Å². The number of fused-ring (bicyclic) bond motifs is 1. The molecule has 45 heavy (non-hydrogen) atoms. The van der Waals surface area contributed by atoms with Crippen molar-refractivity contribution in [2.75, 3.05) is 49.5 Å². The lowest BCUT2D eigenvalue weighted by Gasteiger charge is -2.34. The summed E-state index contributed by atoms with van der Waals surface area (Å²) in [5, 5.41) is 11.7. The van der Waals surface area contributed by atoms with Crippen molar-refractivity contribution in [3.63, 3.8) is 0 Å². The quantitative estimate of drug-likeness (QED) is 0.259. The maximum atomic E-state index is 13.4. The van der Waals surface area contributed by atoms with Crippen LogP contribution in [0.15, 0.2) is 49.1 Å². The molecule has 238 valence electrons. The minimum Gasteiger partial charge on any atom is -0.434 e. The highest BCUT2D eigenvalue weighted by molar-refractivity contribution is 7.99. The molecule has 0 saturated carbocycles. The van der Waals surface area contributed by atoms with E-state index in [-0.39, 0.29) is 45.7 Å². The molecule has 2 aliphatic rings. The maximum Gasteiger partial charge on any atom is 0.387 e. The van der Waals surface area contributed by atoms with Gasteiger partial charge in [-0.15, -0.1) is 0 Å². The topological polar surface area (TPSA) is 110 Å². The highest BCUT2D eigenvalue weighted by Gasteiger charge is 2.26. The van der Waals surface area contributed by atoms with E-state index in [4.69, 9.17) is 16.3 Å². The summed E-state index contributed by atoms with van der Waals surface area (Å²) in [5.41, 5.74) is 0.966. The summed E-state index contributed by atoms with van der Waals surface area (Å²) in [6.45, 7) is 1.55. The molecule has 0 spiro atoms. The van der Waals surface area contributed by atoms with E-state index in [0.29, 0.717) is 24.7 Å². The molecule has 15 heteroatoms. The summed E-state index contributed by atoms with van der Waals surface area (Å²) in [6, 6.07) is 5.83. The molecule has 5 heterocycles. The van der Waals surface area contributed by atoms with Crippen molar-refractivity contribution in [3.05, 3.63) is 59.6 Å². The number of anilines is 1. The van der Waals surface area contributed by atoms with Gasteiger partial charge >= 0.3 is 6.61 Å². The van der Waals surface area contributed by atoms with Crippen LogP contribution in [0.5, 0.6) is 5.75 Å². The zero-order valence-corrected chi connectivity index (χ0v) is 26.0. The van der Waals surface area contributed by atoms with E-state index in [1.54, 1.807) is 18.5 Å². The molecule has 1 aromatic carbocycles. The molecule has 11 nitrogen and oxygen atoms in total. The van der Waals surface area contributed by atoms with Crippen molar-refractivity contribution in [1.29, 1.82) is 0 Å². The summed E-state index contributed by atoms with van der Waals surface area (Å²) >= 11 is 8.24. The minimum absolute atomic E-state index is 0.0944. The third-order valence-corrected chi connectivity index (χ3v) is 9.35. The largest absolute Gasteiger partial charge is 0.434 e. The van der Waals surface area contributed by atoms with Crippen molar-refractivity contribution in [1.82, 2.24) is 34.2 Å². The number of nitrogens with zero attached hydrogens (tertiary/aromatic N) is 7. The maximum absolute atomic E-state index is 13.4. The summed E-state index contributed by atoms with van der Waals surface area (Å²) in [7, 11) is 0. The van der Waals surface area contributed by atoms with Gasteiger partial charge < -0.3 is 19.9 Å². The van der Waals surface area contributed by atoms with Crippen molar-refractivity contribution < 1.29 is 23.1 Å². The Hall–Kier alpha value is -3.75. The second kappa shape index (κ2) is 14.1. The molecule has 3 aromatic heterocycles. The monoisotopic (exact) mass is 658 g/mol. The van der Waals surface area contributed by atoms with Gasteiger partial charge in [-0.2, -0.15) is 30.7 Å². The van der Waals surface area contributed by atoms with Crippen LogP contribution in [0, 0.1) is 5.92 Å². The number of alkyl halides is 2. The number of hydrogen-bond acceptors (Lipinski definition) is 8. The number of likely N-dealkylation sites (tertiary alicyclic amines) is 1. The van der Waals surface area contributed by atoms with Crippen LogP contribution >= 0.6 is 23.4 Å². The van der Waals surface area contributed by atoms with Crippen LogP contribution in [0.1, 0.15) is 29.6 Å². The number of benzene rings is 1. The van der Waals surface area contributed by atoms with Crippen LogP contribution in [0.2, 0.25) is 5.02 Å². The van der Waals surface area contributed by atoms with Crippen molar-refractivity contribution in [3.8, 4) is 17.0 Å². The van der Waals surface area contributed by atoms with Gasteiger partial charge in [-0.05, 0) is 56.0 Å². The number of rotatable bonds is 10. The normalized spacial score (nSPS) is 16.4. The number of ether oxygens (including phenoxy) is 1. The second-order valence-electron chi connectivity index (χ2n) is 11.1. The Bertz CT molecular complexity index is 1650. The summed E-state index contributed by atoms with van der Waals surface area (Å²) in [4.78, 5) is 35.3. The number of halogens is 3. The van der Waals surface area contributed by atoms with Gasteiger partial charge in [0.05, 0.1) is 11.9 Å². The molecular formula is C30H33ClF2N8O3S. The van der Waals surface area contributed by atoms with E-state index < -0.39 is 12.5 Å². The lowest BCUT2D eigenvalue weighted by molar-refractivity contribution is -0.133. The van der Waals surface area contributed by atoms with Gasteiger partial charge in [-0.25, -0.2) is 9.50 Å². The molecule has 2 saturated heterocycles. The molecule has 2 fully saturated rings. The highest BCUT2D eigenvalue weighted by atomic mass is 35.5. The molecule has 2 amide bonds. The molecule has 1 N–H and O–H groups in total. The predicted octanol–water partition coefficient (Wildman–Crippen LogP) is 4.78. The average Bonchev–Trinajstić information content (AvgIpc) is 3.65. The zero-order valence-electron chi connectivity index (χ0n) is 24.4. The van der Waals surface area contributed by atoms with E-state index in [9.17, 15) is 18.4 Å². The fourth-order valence-electron chi connectivity index (χ4n) is 5.76. The van der Waals surface area contributed by atoms with Gasteiger partial charge in [-0.3, -0.25) is 14.3 Å². The number of carbonyl (C=O) groups is 2. The van der Waals surface area contributed by atoms with E-state index >= 15 is 0 Å². The van der Waals surface area contributed by atoms with Crippen LogP contribution in [0.3, 0.4) is 0 Å². The summed E-state index contributed by atoms with van der Waals surface area (Å²) in [6.07, 6.45) is 9.12. The van der Waals surface area contributed by atoms with E-state index in [1.807, 2.05) is 16.7 Å². The van der Waals surface area contributed by atoms with Crippen LogP contribution in [0.4, 0.5) is 14.5 Å². The van der Waals surface area contributed by atoms with Crippen LogP contribution in [-0.2, 0) is 11.3 Å². The molecule has 6 rings (SSSR count). The number of aromatic nitrogens is 5. The number of amides is 2. The van der Waals surface area contributed by atoms with Crippen molar-refractivity contribution >= 4 is 46.5 Å². The minimum atomic E-state index is -3.10. The fraction of sp³-hybridized carbons (Fsp3) is 0.433. The van der Waals surface area contributed by atoms with Gasteiger partial charge in [0.25, 0.3) is 5.91 Å². The highest BCUT2D eigenvalue weighted by Crippen LogP contribution is 2.37. The molecule has 0 radical (unpaired) electrons. The number of thioether (sulfide) groups is 1. The zero-order chi connectivity index (χ0) is 31.3. The molecule has 4 aromatic rings. The lowest BCUT2D eigenvalue weighted by atomic mass is 9.93. The third-order valence-electron chi connectivity index (χ3n) is 8.17. The molecule has 0 unspecified atom stereocenters. The first kappa shape index (κ1) is 31.2. The van der Waals surface area contributed by atoms with E-state index in [2.05, 4.69) is 25.4 Å². The molecule has 0 aliphatic carbocycles. The predicted molar refractivity (Wildman–Crippen MR) is 168 cm³/mol. The summed E-state index contributed by atoms with van der Waals surface area (Å²) < 4.78 is 34.2. The van der Waals surface area contributed by atoms with Gasteiger partial charge in [0, 0.05) is 66.9 Å². The molecule has 2 aliphatic heterocycles. The second-order valence-corrected chi connectivity index (χ2v) is 12.7. The molecular weight excluding hydrogens is 626 g/mol. The molecule has 0 bridgehead atoms. The number of carbonyl (C=O) groups excluding carboxylic acids is 2. The number of nitrogens with one attached hydrogen (secondary N) is 1. The first-order chi connectivity index (χ1) is 21.8. The third kappa shape index (κ3) is 7.56. The summed E-state index contributed by atoms with van der Waals surface area (Å²) in [5.74, 6) is 2.15. The van der Waals surface area contributed by atoms with Crippen molar-refractivity contribution in [2.24, 2.45) is 5.92 Å². The van der Waals surface area contributed by atoms with Crippen molar-refractivity contribution in [2.45, 2.75) is 32.4 Å². The van der Waals surface area contributed by atoms with Crippen LogP contribution < -0.4 is 10.1 Å². The Morgan fingerprint density at radius 1 is 1.16 bits per heavy atom. The Morgan fingerprint density at radius 2 is 1.96 bits per heavy atom. The van der Waals surface area contributed by atoms with Gasteiger partial charge in [0.1, 0.15) is 23.6 Å². The van der Waals surface area contributed by atoms with Gasteiger partial charge in [0.15, 0.2) is 5.65 Å². The van der Waals surface area contributed by atoms with Gasteiger partial charge in [0.2, 0.25) is 5.91 Å². The average molecular weight is 659 g/mol. The number of hydrogen-bond donors (Lipinski definition) is 1. The van der Waals surface area contributed by atoms with E-state index in [1.165, 1.54) is 51.3 Å². The van der Waals surface area contributed by atoms with E-state index in [0.717, 1.165) is 38.9 Å². The fourth-order valence-corrected chi connectivity index (χ4v) is 6.91. The SMILES string of the molecule is O=C(Nc1cn(CC(=O)N2CCC(CCN3CCSCC3)CC2)nc1-c1cc(Cl)ccc1OC(F)F)c1cnn2cccnc12. The Labute approximate surface area is 267 Å². The first-order valence-corrected chi connectivity index (χ1v) is 16.4. The first-order valence-electron chi connectivity index (χ1n) is 14.8. The standard InChI is InChI=1S/C30H33ClF2N8O3S/c31-21-2-3-25(44-30(32)33)22(16-21)27-24(36-29(43)23-17-35-41-8-1-7-34-28(23)41)18-40(37-27)19-26(42)39-10-5-20(6-11-39)4-9-38-12-14-45-15-13-38/h1-3,7-8,16-18,20,30H,4-6,9-15,19H2,(H,36,43).